The molecule has 0 aromatic heterocycles. The second-order valence-corrected chi connectivity index (χ2v) is 6.00. The Hall–Kier alpha value is -1.13. The molecule has 1 aliphatic heterocycles. The van der Waals surface area contributed by atoms with Crippen molar-refractivity contribution >= 4 is 5.69 Å². The summed E-state index contributed by atoms with van der Waals surface area (Å²) in [4.78, 5) is 4.48. The zero-order valence-electron chi connectivity index (χ0n) is 13.4. The van der Waals surface area contributed by atoms with E-state index in [2.05, 4.69) is 10.2 Å². The molecule has 0 aliphatic carbocycles. The maximum Gasteiger partial charge on any atom is 0.146 e. The summed E-state index contributed by atoms with van der Waals surface area (Å²) in [5.41, 5.74) is 1.92. The molecule has 0 spiro atoms. The molecule has 1 aliphatic rings. The van der Waals surface area contributed by atoms with Gasteiger partial charge in [0.25, 0.3) is 0 Å². The molecule has 1 heterocycles. The Morgan fingerprint density at radius 1 is 1.19 bits per heavy atom. The zero-order valence-corrected chi connectivity index (χ0v) is 13.4. The fourth-order valence-corrected chi connectivity index (χ4v) is 2.90. The molecule has 1 aromatic carbocycles. The van der Waals surface area contributed by atoms with Gasteiger partial charge in [0.2, 0.25) is 0 Å². The first kappa shape index (κ1) is 16.2. The highest BCUT2D eigenvalue weighted by Gasteiger charge is 2.12. The first-order chi connectivity index (χ1) is 10.2. The normalized spacial score (nSPS) is 16.7. The van der Waals surface area contributed by atoms with Crippen LogP contribution in [0, 0.1) is 5.82 Å². The maximum atomic E-state index is 14.0. The van der Waals surface area contributed by atoms with Crippen molar-refractivity contribution in [2.45, 2.75) is 32.2 Å². The van der Waals surface area contributed by atoms with Crippen LogP contribution in [0.2, 0.25) is 0 Å². The van der Waals surface area contributed by atoms with Crippen molar-refractivity contribution in [1.82, 2.24) is 10.2 Å². The van der Waals surface area contributed by atoms with Crippen LogP contribution >= 0.6 is 0 Å². The van der Waals surface area contributed by atoms with Crippen LogP contribution in [-0.2, 0) is 6.54 Å². The van der Waals surface area contributed by atoms with Gasteiger partial charge in [-0.1, -0.05) is 18.9 Å². The number of likely N-dealkylation sites (N-methyl/N-ethyl adjacent to an activating group) is 2. The van der Waals surface area contributed by atoms with Gasteiger partial charge in [-0.2, -0.15) is 0 Å². The Labute approximate surface area is 128 Å². The Kier molecular flexibility index (Phi) is 6.46. The van der Waals surface area contributed by atoms with E-state index >= 15 is 0 Å². The van der Waals surface area contributed by atoms with Crippen LogP contribution in [0.3, 0.4) is 0 Å². The van der Waals surface area contributed by atoms with Gasteiger partial charge in [0, 0.05) is 26.7 Å². The van der Waals surface area contributed by atoms with E-state index in [1.165, 1.54) is 44.3 Å². The van der Waals surface area contributed by atoms with E-state index in [0.717, 1.165) is 19.6 Å². The van der Waals surface area contributed by atoms with Gasteiger partial charge in [0.15, 0.2) is 0 Å². The Bertz CT molecular complexity index is 428. The Morgan fingerprint density at radius 2 is 1.90 bits per heavy atom. The van der Waals surface area contributed by atoms with E-state index in [1.54, 1.807) is 6.07 Å². The number of halogens is 1. The molecule has 2 rings (SSSR count). The van der Waals surface area contributed by atoms with Crippen LogP contribution in [-0.4, -0.2) is 45.2 Å². The topological polar surface area (TPSA) is 18.5 Å². The smallest absolute Gasteiger partial charge is 0.146 e. The number of nitrogens with one attached hydrogen (secondary N) is 1. The number of anilines is 1. The van der Waals surface area contributed by atoms with Crippen molar-refractivity contribution in [3.05, 3.63) is 29.6 Å². The summed E-state index contributed by atoms with van der Waals surface area (Å²) < 4.78 is 14.0. The molecule has 1 fully saturated rings. The third-order valence-corrected chi connectivity index (χ3v) is 4.22. The van der Waals surface area contributed by atoms with Crippen molar-refractivity contribution in [3.8, 4) is 0 Å². The first-order valence-electron chi connectivity index (χ1n) is 8.07. The van der Waals surface area contributed by atoms with E-state index in [1.807, 2.05) is 31.1 Å². The molecule has 0 unspecified atom stereocenters. The maximum absolute atomic E-state index is 14.0. The van der Waals surface area contributed by atoms with E-state index in [4.69, 9.17) is 0 Å². The van der Waals surface area contributed by atoms with Gasteiger partial charge in [-0.15, -0.1) is 0 Å². The molecule has 1 N–H and O–H groups in total. The minimum Gasteiger partial charge on any atom is -0.371 e. The van der Waals surface area contributed by atoms with Gasteiger partial charge in [0.1, 0.15) is 5.82 Å². The minimum absolute atomic E-state index is 0.131. The SMILES string of the molecule is CNCCN(C)c1cc(CN2CCCCCC2)ccc1F. The molecule has 3 nitrogen and oxygen atoms in total. The Balaban J connectivity index is 2.03. The van der Waals surface area contributed by atoms with E-state index in [0.29, 0.717) is 5.69 Å². The lowest BCUT2D eigenvalue weighted by molar-refractivity contribution is 0.277. The van der Waals surface area contributed by atoms with Crippen LogP contribution in [0.15, 0.2) is 18.2 Å². The highest BCUT2D eigenvalue weighted by molar-refractivity contribution is 5.49. The molecule has 21 heavy (non-hydrogen) atoms. The predicted molar refractivity (Wildman–Crippen MR) is 87.3 cm³/mol. The molecule has 0 atom stereocenters. The molecule has 0 radical (unpaired) electrons. The summed E-state index contributed by atoms with van der Waals surface area (Å²) in [6, 6.07) is 5.55. The molecule has 0 amide bonds. The third kappa shape index (κ3) is 4.97. The van der Waals surface area contributed by atoms with Crippen molar-refractivity contribution < 1.29 is 4.39 Å². The molecular formula is C17H28FN3. The fourth-order valence-electron chi connectivity index (χ4n) is 2.90. The van der Waals surface area contributed by atoms with E-state index in [9.17, 15) is 4.39 Å². The van der Waals surface area contributed by atoms with Gasteiger partial charge in [-0.25, -0.2) is 4.39 Å². The van der Waals surface area contributed by atoms with E-state index < -0.39 is 0 Å². The highest BCUT2D eigenvalue weighted by atomic mass is 19.1. The summed E-state index contributed by atoms with van der Waals surface area (Å²) in [6.07, 6.45) is 5.27. The minimum atomic E-state index is -0.131. The third-order valence-electron chi connectivity index (χ3n) is 4.22. The number of rotatable bonds is 6. The average molecular weight is 293 g/mol. The monoisotopic (exact) mass is 293 g/mol. The van der Waals surface area contributed by atoms with Crippen LogP contribution in [0.1, 0.15) is 31.2 Å². The number of hydrogen-bond acceptors (Lipinski definition) is 3. The fraction of sp³-hybridized carbons (Fsp3) is 0.647. The summed E-state index contributed by atoms with van der Waals surface area (Å²) in [5.74, 6) is -0.131. The van der Waals surface area contributed by atoms with Crippen LogP contribution < -0.4 is 10.2 Å². The van der Waals surface area contributed by atoms with Gasteiger partial charge in [0.05, 0.1) is 5.69 Å². The van der Waals surface area contributed by atoms with E-state index in [-0.39, 0.29) is 5.82 Å². The largest absolute Gasteiger partial charge is 0.371 e. The van der Waals surface area contributed by atoms with Crippen LogP contribution in [0.5, 0.6) is 0 Å². The lowest BCUT2D eigenvalue weighted by Gasteiger charge is -2.23. The molecule has 0 bridgehead atoms. The molecule has 1 aromatic rings. The van der Waals surface area contributed by atoms with Gasteiger partial charge < -0.3 is 10.2 Å². The van der Waals surface area contributed by atoms with Crippen molar-refractivity contribution in [2.75, 3.05) is 45.2 Å². The second-order valence-electron chi connectivity index (χ2n) is 6.00. The number of likely N-dealkylation sites (tertiary alicyclic amines) is 1. The lowest BCUT2D eigenvalue weighted by Crippen LogP contribution is -2.28. The summed E-state index contributed by atoms with van der Waals surface area (Å²) in [5, 5.41) is 3.10. The number of benzene rings is 1. The summed E-state index contributed by atoms with van der Waals surface area (Å²) in [6.45, 7) is 4.94. The molecular weight excluding hydrogens is 265 g/mol. The van der Waals surface area contributed by atoms with Crippen LogP contribution in [0.4, 0.5) is 10.1 Å². The summed E-state index contributed by atoms with van der Waals surface area (Å²) in [7, 11) is 3.87. The first-order valence-corrected chi connectivity index (χ1v) is 8.07. The van der Waals surface area contributed by atoms with Crippen LogP contribution in [0.25, 0.3) is 0 Å². The Morgan fingerprint density at radius 3 is 2.57 bits per heavy atom. The predicted octanol–water partition coefficient (Wildman–Crippen LogP) is 2.86. The highest BCUT2D eigenvalue weighted by Crippen LogP contribution is 2.21. The summed E-state index contributed by atoms with van der Waals surface area (Å²) >= 11 is 0. The number of nitrogens with zero attached hydrogens (tertiary/aromatic N) is 2. The van der Waals surface area contributed by atoms with Crippen molar-refractivity contribution in [2.24, 2.45) is 0 Å². The van der Waals surface area contributed by atoms with Gasteiger partial charge in [-0.05, 0) is 50.7 Å². The van der Waals surface area contributed by atoms with Crippen molar-refractivity contribution in [3.63, 3.8) is 0 Å². The quantitative estimate of drug-likeness (QED) is 0.870. The zero-order chi connectivity index (χ0) is 15.1. The average Bonchev–Trinajstić information content (AvgIpc) is 2.75. The second kappa shape index (κ2) is 8.35. The lowest BCUT2D eigenvalue weighted by atomic mass is 10.1. The molecule has 0 saturated carbocycles. The van der Waals surface area contributed by atoms with Gasteiger partial charge >= 0.3 is 0 Å². The van der Waals surface area contributed by atoms with Crippen molar-refractivity contribution in [1.29, 1.82) is 0 Å². The van der Waals surface area contributed by atoms with Gasteiger partial charge in [-0.3, -0.25) is 4.90 Å². The molecule has 1 saturated heterocycles. The standard InChI is InChI=1S/C17H28FN3/c1-19-9-12-20(2)17-13-15(7-8-16(17)18)14-21-10-5-3-4-6-11-21/h7-8,13,19H,3-6,9-12,14H2,1-2H3. The number of hydrogen-bond donors (Lipinski definition) is 1. The molecule has 118 valence electrons. The molecule has 4 heteroatoms.